The number of nitrogens with two attached hydrogens (primary N) is 1. The van der Waals surface area contributed by atoms with Gasteiger partial charge in [0.1, 0.15) is 0 Å². The SMILES string of the molecule is C=CCCCCCC(=O)C1(N)CCC1. The molecule has 0 aromatic heterocycles. The quantitative estimate of drug-likeness (QED) is 0.501. The van der Waals surface area contributed by atoms with Crippen molar-refractivity contribution < 1.29 is 4.79 Å². The summed E-state index contributed by atoms with van der Waals surface area (Å²) in [6.07, 6.45) is 9.84. The summed E-state index contributed by atoms with van der Waals surface area (Å²) in [5.41, 5.74) is 5.49. The number of carbonyl (C=O) groups is 1. The van der Waals surface area contributed by atoms with Crippen molar-refractivity contribution in [2.75, 3.05) is 0 Å². The Morgan fingerprint density at radius 3 is 2.57 bits per heavy atom. The van der Waals surface area contributed by atoms with Gasteiger partial charge >= 0.3 is 0 Å². The van der Waals surface area contributed by atoms with Crippen LogP contribution in [0.2, 0.25) is 0 Å². The number of unbranched alkanes of at least 4 members (excludes halogenated alkanes) is 3. The lowest BCUT2D eigenvalue weighted by Crippen LogP contribution is -2.53. The van der Waals surface area contributed by atoms with Gasteiger partial charge in [-0.2, -0.15) is 0 Å². The molecular weight excluding hydrogens is 174 g/mol. The van der Waals surface area contributed by atoms with E-state index in [1.165, 1.54) is 0 Å². The lowest BCUT2D eigenvalue weighted by atomic mass is 9.73. The fourth-order valence-corrected chi connectivity index (χ4v) is 1.84. The normalized spacial score (nSPS) is 18.6. The monoisotopic (exact) mass is 195 g/mol. The molecule has 2 nitrogen and oxygen atoms in total. The summed E-state index contributed by atoms with van der Waals surface area (Å²) >= 11 is 0. The Kier molecular flexibility index (Phi) is 4.33. The zero-order chi connectivity index (χ0) is 10.4. The topological polar surface area (TPSA) is 43.1 Å². The number of carbonyl (C=O) groups excluding carboxylic acids is 1. The van der Waals surface area contributed by atoms with Crippen molar-refractivity contribution in [1.82, 2.24) is 0 Å². The van der Waals surface area contributed by atoms with E-state index in [1.807, 2.05) is 6.08 Å². The molecule has 2 N–H and O–H groups in total. The molecule has 80 valence electrons. The average molecular weight is 195 g/mol. The third-order valence-corrected chi connectivity index (χ3v) is 3.11. The van der Waals surface area contributed by atoms with Gasteiger partial charge in [-0.1, -0.05) is 12.5 Å². The van der Waals surface area contributed by atoms with Crippen molar-refractivity contribution in [3.63, 3.8) is 0 Å². The van der Waals surface area contributed by atoms with E-state index in [9.17, 15) is 4.79 Å². The smallest absolute Gasteiger partial charge is 0.152 e. The van der Waals surface area contributed by atoms with E-state index in [0.717, 1.165) is 44.9 Å². The molecule has 1 fully saturated rings. The summed E-state index contributed by atoms with van der Waals surface area (Å²) in [6.45, 7) is 3.67. The second kappa shape index (κ2) is 5.30. The molecule has 0 aromatic rings. The number of Topliss-reactive ketones (excluding diaryl/α,β-unsaturated/α-hetero) is 1. The van der Waals surface area contributed by atoms with Crippen molar-refractivity contribution in [3.05, 3.63) is 12.7 Å². The fourth-order valence-electron chi connectivity index (χ4n) is 1.84. The second-order valence-electron chi connectivity index (χ2n) is 4.32. The Hall–Kier alpha value is -0.630. The second-order valence-corrected chi connectivity index (χ2v) is 4.32. The largest absolute Gasteiger partial charge is 0.319 e. The molecule has 0 aromatic carbocycles. The van der Waals surface area contributed by atoms with E-state index in [-0.39, 0.29) is 5.78 Å². The molecule has 0 heterocycles. The van der Waals surface area contributed by atoms with Crippen LogP contribution < -0.4 is 5.73 Å². The van der Waals surface area contributed by atoms with E-state index in [0.29, 0.717) is 6.42 Å². The Morgan fingerprint density at radius 2 is 2.07 bits per heavy atom. The van der Waals surface area contributed by atoms with Crippen LogP contribution in [0.15, 0.2) is 12.7 Å². The van der Waals surface area contributed by atoms with Crippen LogP contribution in [0.5, 0.6) is 0 Å². The highest BCUT2D eigenvalue weighted by Crippen LogP contribution is 2.31. The van der Waals surface area contributed by atoms with E-state index in [1.54, 1.807) is 0 Å². The van der Waals surface area contributed by atoms with Gasteiger partial charge in [0.2, 0.25) is 0 Å². The summed E-state index contributed by atoms with van der Waals surface area (Å²) < 4.78 is 0. The molecular formula is C12H21NO. The molecule has 1 rings (SSSR count). The molecule has 0 saturated heterocycles. The van der Waals surface area contributed by atoms with E-state index in [2.05, 4.69) is 6.58 Å². The minimum absolute atomic E-state index is 0.280. The first-order valence-corrected chi connectivity index (χ1v) is 5.62. The van der Waals surface area contributed by atoms with Crippen molar-refractivity contribution >= 4 is 5.78 Å². The minimum Gasteiger partial charge on any atom is -0.319 e. The van der Waals surface area contributed by atoms with Crippen LogP contribution >= 0.6 is 0 Å². The summed E-state index contributed by atoms with van der Waals surface area (Å²) in [4.78, 5) is 11.6. The van der Waals surface area contributed by atoms with Gasteiger partial charge in [-0.3, -0.25) is 4.79 Å². The lowest BCUT2D eigenvalue weighted by molar-refractivity contribution is -0.127. The molecule has 2 heteroatoms. The highest BCUT2D eigenvalue weighted by molar-refractivity contribution is 5.89. The summed E-state index contributed by atoms with van der Waals surface area (Å²) in [5, 5.41) is 0. The number of ketones is 1. The number of hydrogen-bond donors (Lipinski definition) is 1. The molecule has 1 saturated carbocycles. The molecule has 0 unspecified atom stereocenters. The first-order chi connectivity index (χ1) is 6.69. The Morgan fingerprint density at radius 1 is 1.36 bits per heavy atom. The molecule has 14 heavy (non-hydrogen) atoms. The molecule has 0 bridgehead atoms. The molecule has 0 atom stereocenters. The van der Waals surface area contributed by atoms with Crippen molar-refractivity contribution in [1.29, 1.82) is 0 Å². The number of rotatable bonds is 7. The zero-order valence-electron chi connectivity index (χ0n) is 8.93. The number of allylic oxidation sites excluding steroid dienone is 1. The molecule has 0 radical (unpaired) electrons. The van der Waals surface area contributed by atoms with E-state index >= 15 is 0 Å². The average Bonchev–Trinajstić information content (AvgIpc) is 2.13. The molecule has 1 aliphatic rings. The van der Waals surface area contributed by atoms with Crippen molar-refractivity contribution in [2.24, 2.45) is 5.73 Å². The van der Waals surface area contributed by atoms with Crippen molar-refractivity contribution in [3.8, 4) is 0 Å². The fraction of sp³-hybridized carbons (Fsp3) is 0.750. The van der Waals surface area contributed by atoms with Crippen molar-refractivity contribution in [2.45, 2.75) is 56.9 Å². The molecule has 0 spiro atoms. The van der Waals surface area contributed by atoms with E-state index < -0.39 is 5.54 Å². The first kappa shape index (κ1) is 11.4. The van der Waals surface area contributed by atoms with Crippen LogP contribution in [0.25, 0.3) is 0 Å². The first-order valence-electron chi connectivity index (χ1n) is 5.62. The highest BCUT2D eigenvalue weighted by atomic mass is 16.1. The molecule has 1 aliphatic carbocycles. The van der Waals surface area contributed by atoms with Gasteiger partial charge in [0, 0.05) is 6.42 Å². The van der Waals surface area contributed by atoms with E-state index in [4.69, 9.17) is 5.73 Å². The number of hydrogen-bond acceptors (Lipinski definition) is 2. The molecule has 0 amide bonds. The predicted octanol–water partition coefficient (Wildman–Crippen LogP) is 2.57. The van der Waals surface area contributed by atoms with Gasteiger partial charge < -0.3 is 5.73 Å². The highest BCUT2D eigenvalue weighted by Gasteiger charge is 2.38. The maximum Gasteiger partial charge on any atom is 0.152 e. The van der Waals surface area contributed by atoms with Crippen LogP contribution in [0.1, 0.15) is 51.4 Å². The third kappa shape index (κ3) is 2.95. The third-order valence-electron chi connectivity index (χ3n) is 3.11. The Bertz CT molecular complexity index is 206. The standard InChI is InChI=1S/C12H21NO/c1-2-3-4-5-6-8-11(14)12(13)9-7-10-12/h2H,1,3-10,13H2. The van der Waals surface area contributed by atoms with Crippen LogP contribution in [0.4, 0.5) is 0 Å². The van der Waals surface area contributed by atoms with Crippen LogP contribution in [-0.2, 0) is 4.79 Å². The van der Waals surface area contributed by atoms with Gasteiger partial charge in [0.15, 0.2) is 5.78 Å². The van der Waals surface area contributed by atoms with Crippen LogP contribution in [0, 0.1) is 0 Å². The Balaban J connectivity index is 2.06. The summed E-state index contributed by atoms with van der Waals surface area (Å²) in [5.74, 6) is 0.280. The molecule has 0 aliphatic heterocycles. The zero-order valence-corrected chi connectivity index (χ0v) is 8.93. The van der Waals surface area contributed by atoms with Gasteiger partial charge in [-0.05, 0) is 38.5 Å². The summed E-state index contributed by atoms with van der Waals surface area (Å²) in [6, 6.07) is 0. The van der Waals surface area contributed by atoms with Crippen LogP contribution in [0.3, 0.4) is 0 Å². The maximum absolute atomic E-state index is 11.6. The van der Waals surface area contributed by atoms with Gasteiger partial charge in [0.25, 0.3) is 0 Å². The van der Waals surface area contributed by atoms with Crippen LogP contribution in [-0.4, -0.2) is 11.3 Å². The predicted molar refractivity (Wildman–Crippen MR) is 59.1 cm³/mol. The maximum atomic E-state index is 11.6. The Labute approximate surface area is 86.6 Å². The van der Waals surface area contributed by atoms with Gasteiger partial charge in [-0.15, -0.1) is 6.58 Å². The minimum atomic E-state index is -0.432. The summed E-state index contributed by atoms with van der Waals surface area (Å²) in [7, 11) is 0. The van der Waals surface area contributed by atoms with Gasteiger partial charge in [-0.25, -0.2) is 0 Å². The lowest BCUT2D eigenvalue weighted by Gasteiger charge is -2.36. The van der Waals surface area contributed by atoms with Gasteiger partial charge in [0.05, 0.1) is 5.54 Å².